The van der Waals surface area contributed by atoms with Crippen molar-refractivity contribution < 1.29 is 22.3 Å². The Labute approximate surface area is 264 Å². The van der Waals surface area contributed by atoms with Gasteiger partial charge in [-0.05, 0) is 37.2 Å². The molecule has 0 radical (unpaired) electrons. The van der Waals surface area contributed by atoms with E-state index in [4.69, 9.17) is 19.2 Å². The Morgan fingerprint density at radius 3 is 2.47 bits per heavy atom. The summed E-state index contributed by atoms with van der Waals surface area (Å²) >= 11 is 0. The van der Waals surface area contributed by atoms with E-state index in [2.05, 4.69) is 49.1 Å². The smallest absolute Gasteiger partial charge is 0.411 e. The van der Waals surface area contributed by atoms with E-state index < -0.39 is 20.1 Å². The molecule has 2 aliphatic heterocycles. The maximum Gasteiger partial charge on any atom is 0.416 e. The van der Waals surface area contributed by atoms with Crippen LogP contribution in [0.3, 0.4) is 0 Å². The molecule has 2 saturated heterocycles. The van der Waals surface area contributed by atoms with E-state index in [1.54, 1.807) is 16.9 Å². The summed E-state index contributed by atoms with van der Waals surface area (Å²) < 4.78 is 56.8. The average molecular weight is 647 g/mol. The van der Waals surface area contributed by atoms with Gasteiger partial charge in [-0.15, -0.1) is 5.10 Å². The molecule has 0 unspecified atom stereocenters. The van der Waals surface area contributed by atoms with Crippen molar-refractivity contribution in [3.05, 3.63) is 41.1 Å². The number of hydrogen-bond donors (Lipinski definition) is 1. The largest absolute Gasteiger partial charge is 0.416 e. The molecular formula is C31H45F3N8O2Si. The van der Waals surface area contributed by atoms with Crippen molar-refractivity contribution in [1.29, 1.82) is 0 Å². The van der Waals surface area contributed by atoms with Gasteiger partial charge < -0.3 is 24.3 Å². The van der Waals surface area contributed by atoms with Crippen LogP contribution in [0.25, 0.3) is 5.65 Å². The van der Waals surface area contributed by atoms with Gasteiger partial charge in [0.05, 0.1) is 36.9 Å². The van der Waals surface area contributed by atoms with Crippen LogP contribution in [0.2, 0.25) is 18.1 Å². The molecule has 2 fully saturated rings. The molecule has 5 rings (SSSR count). The number of fused-ring (bicyclic) bond motifs is 1. The molecule has 3 aromatic rings. The monoisotopic (exact) mass is 646 g/mol. The average Bonchev–Trinajstić information content (AvgIpc) is 3.25. The SMILES string of the molecule is Cc1nc2c(N=CN(C)C)cc(N3CCOCC3)nn2c1Nc1cccc(C(F)(F)F)c1CN1CC(O[Si](C)(C)C(C)(C)C)C1. The number of benzene rings is 1. The number of rotatable bonds is 9. The fourth-order valence-corrected chi connectivity index (χ4v) is 6.61. The van der Waals surface area contributed by atoms with Crippen LogP contribution in [0.1, 0.15) is 37.6 Å². The maximum atomic E-state index is 14.4. The number of ether oxygens (including phenoxy) is 1. The summed E-state index contributed by atoms with van der Waals surface area (Å²) in [6, 6.07) is 6.16. The van der Waals surface area contributed by atoms with Gasteiger partial charge in [0.1, 0.15) is 5.69 Å². The van der Waals surface area contributed by atoms with Gasteiger partial charge in [0.25, 0.3) is 0 Å². The van der Waals surface area contributed by atoms with Gasteiger partial charge in [-0.1, -0.05) is 26.8 Å². The summed E-state index contributed by atoms with van der Waals surface area (Å²) in [6.45, 7) is 16.6. The van der Waals surface area contributed by atoms with E-state index in [0.29, 0.717) is 73.7 Å². The van der Waals surface area contributed by atoms with E-state index in [9.17, 15) is 13.2 Å². The fraction of sp³-hybridized carbons (Fsp3) is 0.581. The van der Waals surface area contributed by atoms with Gasteiger partial charge in [0.15, 0.2) is 25.6 Å². The van der Waals surface area contributed by atoms with Gasteiger partial charge >= 0.3 is 6.18 Å². The maximum absolute atomic E-state index is 14.4. The van der Waals surface area contributed by atoms with Crippen LogP contribution in [0.15, 0.2) is 29.3 Å². The minimum Gasteiger partial charge on any atom is -0.411 e. The molecule has 0 atom stereocenters. The lowest BCUT2D eigenvalue weighted by Gasteiger charge is -2.46. The molecule has 2 aromatic heterocycles. The van der Waals surface area contributed by atoms with Gasteiger partial charge in [0.2, 0.25) is 0 Å². The van der Waals surface area contributed by atoms with Crippen molar-refractivity contribution in [3.8, 4) is 0 Å². The topological polar surface area (TPSA) is 82.8 Å². The first-order chi connectivity index (χ1) is 21.0. The Kier molecular flexibility index (Phi) is 9.24. The Balaban J connectivity index is 1.49. The molecule has 2 aliphatic rings. The van der Waals surface area contributed by atoms with Gasteiger partial charge in [-0.2, -0.15) is 17.7 Å². The highest BCUT2D eigenvalue weighted by Gasteiger charge is 2.43. The third-order valence-corrected chi connectivity index (χ3v) is 13.3. The van der Waals surface area contributed by atoms with Crippen LogP contribution in [0.5, 0.6) is 0 Å². The molecule has 45 heavy (non-hydrogen) atoms. The Morgan fingerprint density at radius 1 is 1.16 bits per heavy atom. The first kappa shape index (κ1) is 33.2. The molecule has 0 amide bonds. The summed E-state index contributed by atoms with van der Waals surface area (Å²) in [5, 5.41) is 8.25. The number of anilines is 3. The number of aromatic nitrogens is 3. The molecule has 0 saturated carbocycles. The van der Waals surface area contributed by atoms with Gasteiger partial charge in [0, 0.05) is 64.1 Å². The zero-order valence-electron chi connectivity index (χ0n) is 27.5. The number of imidazole rings is 1. The Bertz CT molecular complexity index is 1540. The summed E-state index contributed by atoms with van der Waals surface area (Å²) in [5.74, 6) is 1.18. The molecule has 0 bridgehead atoms. The fourth-order valence-electron chi connectivity index (χ4n) is 5.27. The summed E-state index contributed by atoms with van der Waals surface area (Å²) in [5.41, 5.74) is 1.59. The van der Waals surface area contributed by atoms with Crippen molar-refractivity contribution in [2.45, 2.75) is 64.7 Å². The zero-order valence-corrected chi connectivity index (χ0v) is 28.5. The minimum absolute atomic E-state index is 0.0188. The zero-order chi connectivity index (χ0) is 32.7. The molecule has 1 aromatic carbocycles. The van der Waals surface area contributed by atoms with Gasteiger partial charge in [-0.3, -0.25) is 4.90 Å². The minimum atomic E-state index is -4.51. The molecule has 0 spiro atoms. The Morgan fingerprint density at radius 2 is 1.84 bits per heavy atom. The van der Waals surface area contributed by atoms with E-state index >= 15 is 0 Å². The summed E-state index contributed by atoms with van der Waals surface area (Å²) in [6.07, 6.45) is -2.81. The number of hydrogen-bond acceptors (Lipinski definition) is 8. The molecule has 4 heterocycles. The third-order valence-electron chi connectivity index (χ3n) is 8.80. The number of aliphatic imine (C=N–C) groups is 1. The summed E-state index contributed by atoms with van der Waals surface area (Å²) in [4.78, 5) is 15.3. The molecule has 0 aliphatic carbocycles. The van der Waals surface area contributed by atoms with Crippen LogP contribution in [0, 0.1) is 6.92 Å². The van der Waals surface area contributed by atoms with Crippen LogP contribution < -0.4 is 10.2 Å². The molecule has 1 N–H and O–H groups in total. The standard InChI is InChI=1S/C31H45F3N8O2Si/c1-21-28(42-29(36-21)26(35-20-39(5)6)16-27(38-42)41-12-14-43-15-13-41)37-25-11-9-10-24(31(32,33)34)23(25)19-40-17-22(18-40)44-45(7,8)30(2,3)4/h9-11,16,20,22,37H,12-15,17-19H2,1-8H3. The lowest BCUT2D eigenvalue weighted by atomic mass is 10.0. The van der Waals surface area contributed by atoms with E-state index in [1.807, 2.05) is 36.9 Å². The van der Waals surface area contributed by atoms with E-state index in [0.717, 1.165) is 6.07 Å². The van der Waals surface area contributed by atoms with Crippen LogP contribution in [-0.2, 0) is 21.9 Å². The second-order valence-corrected chi connectivity index (χ2v) is 18.4. The number of likely N-dealkylation sites (tertiary alicyclic amines) is 1. The van der Waals surface area contributed by atoms with Crippen LogP contribution >= 0.6 is 0 Å². The highest BCUT2D eigenvalue weighted by molar-refractivity contribution is 6.74. The van der Waals surface area contributed by atoms with E-state index in [1.165, 1.54) is 6.07 Å². The quantitative estimate of drug-likeness (QED) is 0.171. The second kappa shape index (κ2) is 12.5. The number of nitrogens with zero attached hydrogens (tertiary/aromatic N) is 7. The highest BCUT2D eigenvalue weighted by Crippen LogP contribution is 2.41. The van der Waals surface area contributed by atoms with Crippen LogP contribution in [-0.4, -0.2) is 98.6 Å². The van der Waals surface area contributed by atoms with Crippen LogP contribution in [0.4, 0.5) is 36.2 Å². The molecule has 14 heteroatoms. The lowest BCUT2D eigenvalue weighted by molar-refractivity contribution is -0.138. The predicted molar refractivity (Wildman–Crippen MR) is 175 cm³/mol. The third kappa shape index (κ3) is 7.29. The van der Waals surface area contributed by atoms with Crippen molar-refractivity contribution in [3.63, 3.8) is 0 Å². The first-order valence-corrected chi connectivity index (χ1v) is 18.2. The van der Waals surface area contributed by atoms with Crippen molar-refractivity contribution >= 4 is 43.3 Å². The number of morpholine rings is 1. The highest BCUT2D eigenvalue weighted by atomic mass is 28.4. The predicted octanol–water partition coefficient (Wildman–Crippen LogP) is 6.06. The Hall–Kier alpha value is -3.20. The lowest BCUT2D eigenvalue weighted by Crippen LogP contribution is -2.57. The number of aryl methyl sites for hydroxylation is 1. The normalized spacial score (nSPS) is 17.4. The number of nitrogens with one attached hydrogen (secondary N) is 1. The molecular weight excluding hydrogens is 601 g/mol. The number of halogens is 3. The second-order valence-electron chi connectivity index (χ2n) is 13.6. The molecule has 246 valence electrons. The molecule has 10 nitrogen and oxygen atoms in total. The number of alkyl halides is 3. The van der Waals surface area contributed by atoms with E-state index in [-0.39, 0.29) is 23.3 Å². The summed E-state index contributed by atoms with van der Waals surface area (Å²) in [7, 11) is 1.78. The van der Waals surface area contributed by atoms with Crippen molar-refractivity contribution in [2.75, 3.05) is 63.7 Å². The van der Waals surface area contributed by atoms with Gasteiger partial charge in [-0.25, -0.2) is 9.98 Å². The van der Waals surface area contributed by atoms with Crippen molar-refractivity contribution in [2.24, 2.45) is 4.99 Å². The van der Waals surface area contributed by atoms with Crippen molar-refractivity contribution in [1.82, 2.24) is 24.4 Å². The first-order valence-electron chi connectivity index (χ1n) is 15.3.